The molecule has 73 heavy (non-hydrogen) atoms. The summed E-state index contributed by atoms with van der Waals surface area (Å²) in [7, 11) is 4.98. The van der Waals surface area contributed by atoms with Gasteiger partial charge in [0.05, 0.1) is 42.3 Å². The Kier molecular flexibility index (Phi) is 13.8. The van der Waals surface area contributed by atoms with Gasteiger partial charge < -0.3 is 38.8 Å². The molecular weight excluding hydrogens is 927 g/mol. The van der Waals surface area contributed by atoms with E-state index in [2.05, 4.69) is 70.1 Å². The number of likely N-dealkylation sites (N-methyl/N-ethyl adjacent to an activating group) is 2. The molecule has 1 saturated carbocycles. The van der Waals surface area contributed by atoms with Gasteiger partial charge in [-0.3, -0.25) is 38.9 Å². The molecule has 10 rings (SSSR count). The minimum absolute atomic E-state index is 0.00133. The first-order valence-electron chi connectivity index (χ1n) is 26.4. The SMILES string of the molecule is CCn1c2c3c4cc(ccc41)-c1cc4cc(c1)OC[C@@H](N(C)C(C)=O)CC(=O)N(C)[C@@H](C(C)C)C(=O)N[C@@H](C4)C(=O)N1CCC[C@H](N1)C(=O)OCC(C)(C)C3[C@H](OC)c1ncc(N3CCN(C4CC4)CC3)cc1-2. The van der Waals surface area contributed by atoms with Crippen molar-refractivity contribution in [3.63, 3.8) is 0 Å². The van der Waals surface area contributed by atoms with Crippen molar-refractivity contribution in [3.05, 3.63) is 65.5 Å². The van der Waals surface area contributed by atoms with Crippen molar-refractivity contribution < 1.29 is 38.2 Å². The van der Waals surface area contributed by atoms with Crippen molar-refractivity contribution >= 4 is 46.2 Å². The number of esters is 1. The predicted octanol–water partition coefficient (Wildman–Crippen LogP) is 5.68. The Labute approximate surface area is 428 Å². The van der Waals surface area contributed by atoms with E-state index in [9.17, 15) is 24.0 Å². The fraction of sp³-hybridized carbons (Fsp3) is 0.571. The number of hydrazine groups is 1. The van der Waals surface area contributed by atoms with E-state index in [0.29, 0.717) is 31.7 Å². The lowest BCUT2D eigenvalue weighted by Gasteiger charge is -2.43. The Balaban J connectivity index is 1.16. The molecule has 0 radical (unpaired) electrons. The number of hydrogen-bond acceptors (Lipinski definition) is 12. The number of carbonyl (C=O) groups is 5. The molecule has 6 atom stereocenters. The number of carbonyl (C=O) groups excluding carboxylic acids is 5. The summed E-state index contributed by atoms with van der Waals surface area (Å²) >= 11 is 0. The van der Waals surface area contributed by atoms with Gasteiger partial charge in [0, 0.05) is 108 Å². The quantitative estimate of drug-likeness (QED) is 0.227. The Hall–Kier alpha value is -6.04. The van der Waals surface area contributed by atoms with Crippen LogP contribution in [0, 0.1) is 11.3 Å². The van der Waals surface area contributed by atoms with Crippen LogP contribution in [0.5, 0.6) is 5.75 Å². The van der Waals surface area contributed by atoms with Crippen LogP contribution in [0.25, 0.3) is 33.3 Å². The zero-order chi connectivity index (χ0) is 51.6. The molecule has 2 aliphatic carbocycles. The molecule has 2 aromatic carbocycles. The molecule has 4 amide bonds. The van der Waals surface area contributed by atoms with Crippen LogP contribution >= 0.6 is 0 Å². The number of anilines is 1. The third-order valence-corrected chi connectivity index (χ3v) is 16.6. The Bertz CT molecular complexity index is 2810. The second-order valence-electron chi connectivity index (χ2n) is 22.3. The number of piperazine rings is 1. The lowest BCUT2D eigenvalue weighted by molar-refractivity contribution is -0.156. The van der Waals surface area contributed by atoms with Crippen molar-refractivity contribution in [3.8, 4) is 28.1 Å². The third-order valence-electron chi connectivity index (χ3n) is 16.6. The monoisotopic (exact) mass is 1000 g/mol. The van der Waals surface area contributed by atoms with Gasteiger partial charge in [-0.1, -0.05) is 39.8 Å². The van der Waals surface area contributed by atoms with E-state index in [1.54, 1.807) is 21.2 Å². The zero-order valence-electron chi connectivity index (χ0n) is 44.0. The van der Waals surface area contributed by atoms with Crippen molar-refractivity contribution in [2.75, 3.05) is 72.0 Å². The Morgan fingerprint density at radius 1 is 0.945 bits per heavy atom. The summed E-state index contributed by atoms with van der Waals surface area (Å²) < 4.78 is 22.0. The van der Waals surface area contributed by atoms with Crippen LogP contribution in [-0.2, 0) is 46.4 Å². The van der Waals surface area contributed by atoms with E-state index in [4.69, 9.17) is 19.2 Å². The number of methoxy groups -OCH3 is 1. The van der Waals surface area contributed by atoms with Crippen LogP contribution in [0.3, 0.4) is 0 Å². The summed E-state index contributed by atoms with van der Waals surface area (Å²) in [5.74, 6) is -2.13. The number of nitrogens with zero attached hydrogens (tertiary/aromatic N) is 7. The molecule has 4 aliphatic heterocycles. The Morgan fingerprint density at radius 2 is 1.71 bits per heavy atom. The maximum absolute atomic E-state index is 14.9. The van der Waals surface area contributed by atoms with E-state index >= 15 is 0 Å². The molecule has 0 spiro atoms. The average Bonchev–Trinajstić information content (AvgIpc) is 4.19. The van der Waals surface area contributed by atoms with E-state index in [-0.39, 0.29) is 49.7 Å². The van der Waals surface area contributed by atoms with Crippen LogP contribution in [0.15, 0.2) is 48.7 Å². The first-order chi connectivity index (χ1) is 35.0. The minimum atomic E-state index is -1.10. The minimum Gasteiger partial charge on any atom is -0.491 e. The number of nitrogens with one attached hydrogen (secondary N) is 2. The number of aryl methyl sites for hydroxylation is 1. The molecule has 1 unspecified atom stereocenters. The third kappa shape index (κ3) is 9.57. The normalized spacial score (nSPS) is 26.0. The predicted molar refractivity (Wildman–Crippen MR) is 278 cm³/mol. The number of hydrogen-bond donors (Lipinski definition) is 2. The molecule has 8 bridgehead atoms. The number of ether oxygens (including phenoxy) is 3. The Morgan fingerprint density at radius 3 is 2.41 bits per heavy atom. The maximum Gasteiger partial charge on any atom is 0.324 e. The highest BCUT2D eigenvalue weighted by Gasteiger charge is 2.48. The van der Waals surface area contributed by atoms with Crippen molar-refractivity contribution in [1.29, 1.82) is 0 Å². The highest BCUT2D eigenvalue weighted by molar-refractivity contribution is 5.98. The molecular formula is C56H73N9O8. The van der Waals surface area contributed by atoms with E-state index in [1.807, 2.05) is 38.2 Å². The van der Waals surface area contributed by atoms with Crippen LogP contribution in [-0.4, -0.2) is 156 Å². The van der Waals surface area contributed by atoms with Crippen LogP contribution in [0.2, 0.25) is 0 Å². The van der Waals surface area contributed by atoms with Gasteiger partial charge in [-0.25, -0.2) is 5.43 Å². The topological polar surface area (TPSA) is 171 Å². The molecule has 2 saturated heterocycles. The van der Waals surface area contributed by atoms with Crippen molar-refractivity contribution in [1.82, 2.24) is 40.0 Å². The molecule has 17 nitrogen and oxygen atoms in total. The number of rotatable bonds is 6. The molecule has 2 aromatic heterocycles. The summed E-state index contributed by atoms with van der Waals surface area (Å²) in [5.41, 5.74) is 11.1. The summed E-state index contributed by atoms with van der Waals surface area (Å²) in [4.78, 5) is 84.1. The lowest BCUT2D eigenvalue weighted by Crippen LogP contribution is -2.62. The second kappa shape index (κ2) is 20.0. The number of cyclic esters (lactones) is 1. The number of pyridine rings is 1. The van der Waals surface area contributed by atoms with E-state index < -0.39 is 53.5 Å². The molecule has 17 heteroatoms. The van der Waals surface area contributed by atoms with Gasteiger partial charge >= 0.3 is 5.97 Å². The standard InChI is InChI=1S/C56H73N9O8/c1-10-64-45-16-13-35-26-41(45)47-48(52(71-9)49-42(51(47)64)27-38(29-57-49)63-20-18-62(19-21-63)37-14-15-37)56(5,6)31-73-55(70)43-12-11-17-65(59-43)54(69)44-24-34-22-36(35)25-40(23-34)72-30-39(60(7)33(4)66)28-46(67)61(8)50(32(2)3)53(68)58-44/h13,16,22-23,25-27,29,32,37,39,43-44,48,50,52,59H,10-12,14-15,17-21,24,28,30-31H2,1-9H3,(H,58,68)/t39-,43-,44-,48?,50-,52-/m0/s1. The van der Waals surface area contributed by atoms with Gasteiger partial charge in [-0.05, 0) is 91.1 Å². The molecule has 6 aliphatic rings. The highest BCUT2D eigenvalue weighted by Crippen LogP contribution is 2.57. The van der Waals surface area contributed by atoms with Gasteiger partial charge in [0.2, 0.25) is 17.7 Å². The van der Waals surface area contributed by atoms with E-state index in [1.165, 1.54) is 34.6 Å². The first-order valence-corrected chi connectivity index (χ1v) is 26.4. The summed E-state index contributed by atoms with van der Waals surface area (Å²) in [6.45, 7) is 16.5. The highest BCUT2D eigenvalue weighted by atomic mass is 16.5. The molecule has 3 fully saturated rings. The van der Waals surface area contributed by atoms with Crippen molar-refractivity contribution in [2.24, 2.45) is 11.3 Å². The lowest BCUT2D eigenvalue weighted by atomic mass is 9.67. The van der Waals surface area contributed by atoms with Crippen LogP contribution < -0.4 is 20.4 Å². The zero-order valence-corrected chi connectivity index (χ0v) is 44.0. The number of aromatic nitrogens is 2. The molecule has 6 heterocycles. The maximum atomic E-state index is 14.9. The summed E-state index contributed by atoms with van der Waals surface area (Å²) in [6.07, 6.45) is 5.03. The van der Waals surface area contributed by atoms with Gasteiger partial charge in [-0.15, -0.1) is 0 Å². The van der Waals surface area contributed by atoms with Crippen LogP contribution in [0.1, 0.15) is 102 Å². The number of amides is 4. The summed E-state index contributed by atoms with van der Waals surface area (Å²) in [5, 5.41) is 5.53. The van der Waals surface area contributed by atoms with Gasteiger partial charge in [0.1, 0.15) is 36.6 Å². The molecule has 2 N–H and O–H groups in total. The summed E-state index contributed by atoms with van der Waals surface area (Å²) in [6, 6.07) is 11.9. The number of benzene rings is 2. The second-order valence-corrected chi connectivity index (χ2v) is 22.3. The average molecular weight is 1000 g/mol. The van der Waals surface area contributed by atoms with Gasteiger partial charge in [0.15, 0.2) is 0 Å². The van der Waals surface area contributed by atoms with Crippen LogP contribution in [0.4, 0.5) is 5.69 Å². The molecule has 390 valence electrons. The van der Waals surface area contributed by atoms with Gasteiger partial charge in [0.25, 0.3) is 5.91 Å². The largest absolute Gasteiger partial charge is 0.491 e. The van der Waals surface area contributed by atoms with E-state index in [0.717, 1.165) is 88.0 Å². The molecule has 4 aromatic rings. The smallest absolute Gasteiger partial charge is 0.324 e. The fourth-order valence-electron chi connectivity index (χ4n) is 12.3. The number of fused-ring (bicyclic) bond motifs is 9. The van der Waals surface area contributed by atoms with Gasteiger partial charge in [-0.2, -0.15) is 0 Å². The fourth-order valence-corrected chi connectivity index (χ4v) is 12.3. The first kappa shape index (κ1) is 50.5. The van der Waals surface area contributed by atoms with Crippen molar-refractivity contribution in [2.45, 2.75) is 129 Å².